The lowest BCUT2D eigenvalue weighted by Crippen LogP contribution is -2.50. The number of aliphatic hydroxyl groups is 1. The van der Waals surface area contributed by atoms with Crippen LogP contribution in [-0.4, -0.2) is 41.0 Å². The van der Waals surface area contributed by atoms with Crippen molar-refractivity contribution in [2.45, 2.75) is 77.7 Å². The van der Waals surface area contributed by atoms with Crippen molar-refractivity contribution in [2.75, 3.05) is 13.1 Å². The van der Waals surface area contributed by atoms with Gasteiger partial charge in [-0.15, -0.1) is 0 Å². The van der Waals surface area contributed by atoms with Gasteiger partial charge in [0.05, 0.1) is 0 Å². The molecule has 0 aliphatic carbocycles. The van der Waals surface area contributed by atoms with E-state index in [9.17, 15) is 18.7 Å². The number of carbonyl (C=O) groups is 1. The van der Waals surface area contributed by atoms with Crippen molar-refractivity contribution in [3.63, 3.8) is 0 Å². The SMILES string of the molecule is CCCCC(O)C(F)(F)C(=O)N(CCCC)CCCC. The molecule has 0 fully saturated rings. The summed E-state index contributed by atoms with van der Waals surface area (Å²) in [6.45, 7) is 6.45. The van der Waals surface area contributed by atoms with E-state index in [1.165, 1.54) is 4.90 Å². The van der Waals surface area contributed by atoms with Crippen molar-refractivity contribution >= 4 is 5.91 Å². The number of nitrogens with zero attached hydrogens (tertiary/aromatic N) is 1. The van der Waals surface area contributed by atoms with E-state index in [1.54, 1.807) is 0 Å². The second kappa shape index (κ2) is 10.1. The molecule has 0 aromatic carbocycles. The largest absolute Gasteiger partial charge is 0.386 e. The lowest BCUT2D eigenvalue weighted by molar-refractivity contribution is -0.175. The van der Waals surface area contributed by atoms with E-state index < -0.39 is 17.9 Å². The minimum Gasteiger partial charge on any atom is -0.386 e. The van der Waals surface area contributed by atoms with E-state index >= 15 is 0 Å². The first-order chi connectivity index (χ1) is 9.41. The molecule has 20 heavy (non-hydrogen) atoms. The quantitative estimate of drug-likeness (QED) is 0.632. The Kier molecular flexibility index (Phi) is 9.72. The highest BCUT2D eigenvalue weighted by Gasteiger charge is 2.48. The first-order valence-electron chi connectivity index (χ1n) is 7.76. The first-order valence-corrected chi connectivity index (χ1v) is 7.76. The summed E-state index contributed by atoms with van der Waals surface area (Å²) in [5.74, 6) is -4.89. The molecule has 0 saturated carbocycles. The molecular weight excluding hydrogens is 264 g/mol. The van der Waals surface area contributed by atoms with Crippen LogP contribution in [0, 0.1) is 0 Å². The third-order valence-electron chi connectivity index (χ3n) is 3.39. The summed E-state index contributed by atoms with van der Waals surface area (Å²) in [6.07, 6.45) is 2.41. The molecule has 1 atom stereocenters. The van der Waals surface area contributed by atoms with Gasteiger partial charge >= 0.3 is 5.92 Å². The zero-order valence-corrected chi connectivity index (χ0v) is 13.0. The second-order valence-electron chi connectivity index (χ2n) is 5.28. The number of carbonyl (C=O) groups excluding carboxylic acids is 1. The third-order valence-corrected chi connectivity index (χ3v) is 3.39. The number of halogens is 2. The van der Waals surface area contributed by atoms with E-state index in [0.29, 0.717) is 32.4 Å². The molecule has 120 valence electrons. The molecule has 0 saturated heterocycles. The number of rotatable bonds is 11. The Hall–Kier alpha value is -0.710. The Morgan fingerprint density at radius 3 is 1.90 bits per heavy atom. The maximum Gasteiger partial charge on any atom is 0.349 e. The van der Waals surface area contributed by atoms with Crippen LogP contribution in [0.1, 0.15) is 65.7 Å². The summed E-state index contributed by atoms with van der Waals surface area (Å²) in [4.78, 5) is 13.2. The van der Waals surface area contributed by atoms with Gasteiger partial charge in [0.25, 0.3) is 5.91 Å². The fourth-order valence-corrected chi connectivity index (χ4v) is 1.94. The summed E-state index contributed by atoms with van der Waals surface area (Å²) in [5, 5.41) is 9.58. The summed E-state index contributed by atoms with van der Waals surface area (Å²) in [7, 11) is 0. The molecule has 1 amide bonds. The predicted molar refractivity (Wildman–Crippen MR) is 76.9 cm³/mol. The van der Waals surface area contributed by atoms with Crippen molar-refractivity contribution in [1.29, 1.82) is 0 Å². The molecule has 3 nitrogen and oxygen atoms in total. The van der Waals surface area contributed by atoms with E-state index in [4.69, 9.17) is 0 Å². The Labute approximate surface area is 121 Å². The minimum atomic E-state index is -3.67. The highest BCUT2D eigenvalue weighted by Crippen LogP contribution is 2.26. The molecule has 0 rings (SSSR count). The average Bonchev–Trinajstić information content (AvgIpc) is 2.44. The van der Waals surface area contributed by atoms with Gasteiger partial charge in [0.15, 0.2) is 0 Å². The zero-order valence-electron chi connectivity index (χ0n) is 13.0. The standard InChI is InChI=1S/C15H29F2NO2/c1-4-7-10-13(19)15(16,17)14(20)18(11-8-5-2)12-9-6-3/h13,19H,4-12H2,1-3H3. The van der Waals surface area contributed by atoms with Crippen LogP contribution in [0.15, 0.2) is 0 Å². The molecule has 0 heterocycles. The van der Waals surface area contributed by atoms with Gasteiger partial charge in [0.1, 0.15) is 6.10 Å². The molecular formula is C15H29F2NO2. The molecule has 5 heteroatoms. The zero-order chi connectivity index (χ0) is 15.6. The van der Waals surface area contributed by atoms with Crippen molar-refractivity contribution in [3.8, 4) is 0 Å². The fraction of sp³-hybridized carbons (Fsp3) is 0.933. The van der Waals surface area contributed by atoms with Crippen molar-refractivity contribution in [2.24, 2.45) is 0 Å². The number of unbranched alkanes of at least 4 members (excludes halogenated alkanes) is 3. The minimum absolute atomic E-state index is 0.0371. The normalized spacial score (nSPS) is 13.3. The van der Waals surface area contributed by atoms with Crippen LogP contribution < -0.4 is 0 Å². The van der Waals surface area contributed by atoms with Crippen LogP contribution >= 0.6 is 0 Å². The van der Waals surface area contributed by atoms with Gasteiger partial charge in [-0.1, -0.05) is 46.5 Å². The Balaban J connectivity index is 4.72. The van der Waals surface area contributed by atoms with Crippen LogP contribution in [0.2, 0.25) is 0 Å². The van der Waals surface area contributed by atoms with Gasteiger partial charge in [-0.25, -0.2) is 0 Å². The number of amides is 1. The number of hydrogen-bond donors (Lipinski definition) is 1. The van der Waals surface area contributed by atoms with Crippen LogP contribution in [-0.2, 0) is 4.79 Å². The first kappa shape index (κ1) is 19.3. The van der Waals surface area contributed by atoms with Gasteiger partial charge in [-0.05, 0) is 19.3 Å². The van der Waals surface area contributed by atoms with E-state index in [-0.39, 0.29) is 6.42 Å². The highest BCUT2D eigenvalue weighted by molar-refractivity contribution is 5.84. The van der Waals surface area contributed by atoms with E-state index in [1.807, 2.05) is 20.8 Å². The molecule has 1 unspecified atom stereocenters. The molecule has 0 aromatic heterocycles. The second-order valence-corrected chi connectivity index (χ2v) is 5.28. The lowest BCUT2D eigenvalue weighted by atomic mass is 10.0. The topological polar surface area (TPSA) is 40.5 Å². The predicted octanol–water partition coefficient (Wildman–Crippen LogP) is 3.60. The summed E-state index contributed by atoms with van der Waals surface area (Å²) >= 11 is 0. The molecule has 1 N–H and O–H groups in total. The Morgan fingerprint density at radius 1 is 1.05 bits per heavy atom. The van der Waals surface area contributed by atoms with Gasteiger partial charge in [0.2, 0.25) is 0 Å². The third kappa shape index (κ3) is 6.16. The molecule has 0 aliphatic heterocycles. The molecule has 0 spiro atoms. The average molecular weight is 293 g/mol. The van der Waals surface area contributed by atoms with Crippen LogP contribution in [0.5, 0.6) is 0 Å². The smallest absolute Gasteiger partial charge is 0.349 e. The molecule has 0 aliphatic rings. The lowest BCUT2D eigenvalue weighted by Gasteiger charge is -2.29. The molecule has 0 bridgehead atoms. The van der Waals surface area contributed by atoms with Crippen molar-refractivity contribution < 1.29 is 18.7 Å². The van der Waals surface area contributed by atoms with Crippen LogP contribution in [0.3, 0.4) is 0 Å². The van der Waals surface area contributed by atoms with Gasteiger partial charge in [0, 0.05) is 13.1 Å². The monoisotopic (exact) mass is 293 g/mol. The van der Waals surface area contributed by atoms with E-state index in [2.05, 4.69) is 0 Å². The van der Waals surface area contributed by atoms with Gasteiger partial charge in [-0.2, -0.15) is 8.78 Å². The number of aliphatic hydroxyl groups excluding tert-OH is 1. The maximum atomic E-state index is 14.0. The fourth-order valence-electron chi connectivity index (χ4n) is 1.94. The van der Waals surface area contributed by atoms with Gasteiger partial charge < -0.3 is 10.0 Å². The number of hydrogen-bond acceptors (Lipinski definition) is 2. The summed E-state index contributed by atoms with van der Waals surface area (Å²) in [6, 6.07) is 0. The van der Waals surface area contributed by atoms with E-state index in [0.717, 1.165) is 19.3 Å². The summed E-state index contributed by atoms with van der Waals surface area (Å²) < 4.78 is 28.0. The van der Waals surface area contributed by atoms with Crippen molar-refractivity contribution in [3.05, 3.63) is 0 Å². The molecule has 0 radical (unpaired) electrons. The Morgan fingerprint density at radius 2 is 1.50 bits per heavy atom. The Bertz CT molecular complexity index is 265. The van der Waals surface area contributed by atoms with Gasteiger partial charge in [-0.3, -0.25) is 4.79 Å². The number of alkyl halides is 2. The highest BCUT2D eigenvalue weighted by atomic mass is 19.3. The molecule has 0 aromatic rings. The van der Waals surface area contributed by atoms with Crippen LogP contribution in [0.25, 0.3) is 0 Å². The van der Waals surface area contributed by atoms with Crippen molar-refractivity contribution in [1.82, 2.24) is 4.90 Å². The van der Waals surface area contributed by atoms with Crippen LogP contribution in [0.4, 0.5) is 8.78 Å². The maximum absolute atomic E-state index is 14.0. The summed E-state index contributed by atoms with van der Waals surface area (Å²) in [5.41, 5.74) is 0.